The molecule has 0 fully saturated rings. The van der Waals surface area contributed by atoms with Crippen LogP contribution < -0.4 is 10.2 Å². The van der Waals surface area contributed by atoms with Crippen molar-refractivity contribution >= 4 is 27.8 Å². The van der Waals surface area contributed by atoms with E-state index in [2.05, 4.69) is 83.0 Å². The van der Waals surface area contributed by atoms with Crippen LogP contribution in [0.25, 0.3) is 16.9 Å². The van der Waals surface area contributed by atoms with Crippen LogP contribution in [-0.2, 0) is 0 Å². The molecule has 0 atom stereocenters. The Morgan fingerprint density at radius 2 is 1.75 bits per heavy atom. The van der Waals surface area contributed by atoms with Crippen molar-refractivity contribution in [2.24, 2.45) is 0 Å². The van der Waals surface area contributed by atoms with Gasteiger partial charge in [0.25, 0.3) is 0 Å². The lowest BCUT2D eigenvalue weighted by Crippen LogP contribution is -2.21. The maximum Gasteiger partial charge on any atom is 0.187 e. The number of aromatic nitrogens is 3. The highest BCUT2D eigenvalue weighted by Crippen LogP contribution is 2.28. The van der Waals surface area contributed by atoms with Gasteiger partial charge in [-0.25, -0.2) is 9.97 Å². The molecule has 2 aromatic carbocycles. The van der Waals surface area contributed by atoms with Crippen molar-refractivity contribution in [2.75, 3.05) is 23.3 Å². The zero-order chi connectivity index (χ0) is 19.3. The topological polar surface area (TPSA) is 46.0 Å². The quantitative estimate of drug-likeness (QED) is 0.448. The molecular formula is C22H23N5S. The summed E-state index contributed by atoms with van der Waals surface area (Å²) in [4.78, 5) is 11.2. The molecule has 4 aromatic rings. The Balaban J connectivity index is 1.46. The van der Waals surface area contributed by atoms with Crippen molar-refractivity contribution < 1.29 is 0 Å². The zero-order valence-corrected chi connectivity index (χ0v) is 16.9. The second-order valence-electron chi connectivity index (χ2n) is 6.40. The molecule has 0 aliphatic carbocycles. The average molecular weight is 390 g/mol. The summed E-state index contributed by atoms with van der Waals surface area (Å²) in [5.41, 5.74) is 5.46. The molecule has 5 nitrogen and oxygen atoms in total. The van der Waals surface area contributed by atoms with E-state index in [0.717, 1.165) is 40.9 Å². The molecule has 0 amide bonds. The summed E-state index contributed by atoms with van der Waals surface area (Å²) >= 11 is 1.61. The van der Waals surface area contributed by atoms with Gasteiger partial charge >= 0.3 is 0 Å². The van der Waals surface area contributed by atoms with E-state index in [-0.39, 0.29) is 0 Å². The van der Waals surface area contributed by atoms with Crippen molar-refractivity contribution in [3.63, 3.8) is 0 Å². The Hall–Kier alpha value is -3.12. The second-order valence-corrected chi connectivity index (χ2v) is 7.26. The molecule has 2 heterocycles. The normalized spacial score (nSPS) is 10.8. The summed E-state index contributed by atoms with van der Waals surface area (Å²) in [5.74, 6) is 0. The number of hydrogen-bond acceptors (Lipinski definition) is 5. The number of benzene rings is 2. The van der Waals surface area contributed by atoms with Crippen molar-refractivity contribution in [2.45, 2.75) is 13.8 Å². The van der Waals surface area contributed by atoms with E-state index in [0.29, 0.717) is 0 Å². The summed E-state index contributed by atoms with van der Waals surface area (Å²) < 4.78 is 1.99. The lowest BCUT2D eigenvalue weighted by atomic mass is 10.1. The first-order valence-electron chi connectivity index (χ1n) is 9.43. The van der Waals surface area contributed by atoms with Gasteiger partial charge in [0.05, 0.1) is 12.0 Å². The lowest BCUT2D eigenvalue weighted by Gasteiger charge is -2.21. The Kier molecular flexibility index (Phi) is 5.39. The maximum absolute atomic E-state index is 4.74. The lowest BCUT2D eigenvalue weighted by molar-refractivity contribution is 0.866. The average Bonchev–Trinajstić information content (AvgIpc) is 3.43. The van der Waals surface area contributed by atoms with Gasteiger partial charge in [-0.05, 0) is 50.2 Å². The van der Waals surface area contributed by atoms with Gasteiger partial charge in [0.2, 0.25) is 0 Å². The molecule has 0 saturated carbocycles. The number of nitrogens with zero attached hydrogens (tertiary/aromatic N) is 4. The number of imidazole rings is 1. The van der Waals surface area contributed by atoms with E-state index in [9.17, 15) is 0 Å². The predicted octanol–water partition coefficient (Wildman–Crippen LogP) is 5.59. The van der Waals surface area contributed by atoms with Crippen LogP contribution in [0.4, 0.5) is 16.5 Å². The molecule has 28 heavy (non-hydrogen) atoms. The molecule has 0 saturated heterocycles. The van der Waals surface area contributed by atoms with E-state index >= 15 is 0 Å². The molecule has 0 unspecified atom stereocenters. The third-order valence-corrected chi connectivity index (χ3v) is 5.47. The van der Waals surface area contributed by atoms with Gasteiger partial charge in [-0.2, -0.15) is 0 Å². The first-order chi connectivity index (χ1) is 13.8. The fourth-order valence-corrected chi connectivity index (χ4v) is 3.89. The van der Waals surface area contributed by atoms with Crippen molar-refractivity contribution in [1.29, 1.82) is 0 Å². The summed E-state index contributed by atoms with van der Waals surface area (Å²) in [5, 5.41) is 6.38. The minimum Gasteiger partial charge on any atom is -0.372 e. The largest absolute Gasteiger partial charge is 0.372 e. The molecule has 2 aromatic heterocycles. The van der Waals surface area contributed by atoms with E-state index in [4.69, 9.17) is 4.98 Å². The zero-order valence-electron chi connectivity index (χ0n) is 16.0. The number of hydrogen-bond donors (Lipinski definition) is 1. The van der Waals surface area contributed by atoms with E-state index in [1.54, 1.807) is 23.9 Å². The van der Waals surface area contributed by atoms with Gasteiger partial charge in [0.15, 0.2) is 5.13 Å². The third kappa shape index (κ3) is 3.92. The second kappa shape index (κ2) is 8.27. The van der Waals surface area contributed by atoms with Crippen LogP contribution in [0.15, 0.2) is 72.6 Å². The summed E-state index contributed by atoms with van der Waals surface area (Å²) in [6.07, 6.45) is 5.51. The Bertz CT molecular complexity index is 1000. The van der Waals surface area contributed by atoms with E-state index in [1.165, 1.54) is 5.69 Å². The van der Waals surface area contributed by atoms with Gasteiger partial charge in [-0.15, -0.1) is 11.3 Å². The molecule has 0 radical (unpaired) electrons. The van der Waals surface area contributed by atoms with Crippen LogP contribution in [0.5, 0.6) is 0 Å². The molecule has 6 heteroatoms. The highest BCUT2D eigenvalue weighted by Gasteiger charge is 2.07. The Morgan fingerprint density at radius 1 is 1.00 bits per heavy atom. The van der Waals surface area contributed by atoms with E-state index in [1.807, 2.05) is 10.8 Å². The molecular weight excluding hydrogens is 366 g/mol. The van der Waals surface area contributed by atoms with Crippen LogP contribution in [0.3, 0.4) is 0 Å². The Morgan fingerprint density at radius 3 is 2.39 bits per heavy atom. The van der Waals surface area contributed by atoms with Crippen LogP contribution in [-0.4, -0.2) is 27.6 Å². The monoisotopic (exact) mass is 389 g/mol. The smallest absolute Gasteiger partial charge is 0.187 e. The van der Waals surface area contributed by atoms with Crippen LogP contribution >= 0.6 is 11.3 Å². The van der Waals surface area contributed by atoms with Gasteiger partial charge in [-0.3, -0.25) is 0 Å². The predicted molar refractivity (Wildman–Crippen MR) is 118 cm³/mol. The summed E-state index contributed by atoms with van der Waals surface area (Å²) in [6.45, 7) is 6.38. The molecule has 0 aliphatic heterocycles. The highest BCUT2D eigenvalue weighted by molar-refractivity contribution is 7.14. The van der Waals surface area contributed by atoms with Crippen LogP contribution in [0, 0.1) is 0 Å². The van der Waals surface area contributed by atoms with Crippen LogP contribution in [0.1, 0.15) is 13.8 Å². The number of thiazole rings is 1. The summed E-state index contributed by atoms with van der Waals surface area (Å²) in [6, 6.07) is 16.9. The Labute approximate surface area is 169 Å². The summed E-state index contributed by atoms with van der Waals surface area (Å²) in [7, 11) is 0. The number of rotatable bonds is 7. The minimum atomic E-state index is 0.893. The fraction of sp³-hybridized carbons (Fsp3) is 0.182. The third-order valence-electron chi connectivity index (χ3n) is 4.72. The first-order valence-corrected chi connectivity index (χ1v) is 10.3. The highest BCUT2D eigenvalue weighted by atomic mass is 32.1. The molecule has 4 rings (SSSR count). The van der Waals surface area contributed by atoms with Crippen molar-refractivity contribution in [3.05, 3.63) is 72.6 Å². The molecule has 0 bridgehead atoms. The minimum absolute atomic E-state index is 0.893. The molecule has 142 valence electrons. The van der Waals surface area contributed by atoms with E-state index < -0.39 is 0 Å². The molecule has 0 aliphatic rings. The van der Waals surface area contributed by atoms with Gasteiger partial charge in [0, 0.05) is 53.5 Å². The van der Waals surface area contributed by atoms with Crippen molar-refractivity contribution in [1.82, 2.24) is 14.5 Å². The number of anilines is 3. The van der Waals surface area contributed by atoms with Gasteiger partial charge in [0.1, 0.15) is 0 Å². The molecule has 0 spiro atoms. The van der Waals surface area contributed by atoms with Crippen molar-refractivity contribution in [3.8, 4) is 16.9 Å². The van der Waals surface area contributed by atoms with Gasteiger partial charge < -0.3 is 14.8 Å². The first kappa shape index (κ1) is 18.3. The fourth-order valence-electron chi connectivity index (χ4n) is 3.15. The maximum atomic E-state index is 4.74. The van der Waals surface area contributed by atoms with Gasteiger partial charge in [-0.1, -0.05) is 12.1 Å². The van der Waals surface area contributed by atoms with Crippen LogP contribution in [0.2, 0.25) is 0 Å². The SMILES string of the molecule is CCN(CC)c1ccc(Nc2nc(-c3ccc(-n4ccnc4)cc3)cs2)cc1. The standard InChI is InChI=1S/C22H23N5S/c1-3-26(4-2)19-11-7-18(8-12-19)24-22-25-21(15-28-22)17-5-9-20(10-6-17)27-14-13-23-16-27/h5-16H,3-4H2,1-2H3,(H,24,25). The number of nitrogens with one attached hydrogen (secondary N) is 1. The molecule has 1 N–H and O–H groups in total.